The van der Waals surface area contributed by atoms with Gasteiger partial charge in [-0.05, 0) is 66.8 Å². The zero-order valence-corrected chi connectivity index (χ0v) is 12.1. The van der Waals surface area contributed by atoms with Gasteiger partial charge >= 0.3 is 0 Å². The van der Waals surface area contributed by atoms with E-state index in [1.54, 1.807) is 0 Å². The summed E-state index contributed by atoms with van der Waals surface area (Å²) in [7, 11) is 0. The summed E-state index contributed by atoms with van der Waals surface area (Å²) in [5, 5.41) is 4.07. The number of nitrogens with one attached hydrogen (secondary N) is 1. The van der Waals surface area contributed by atoms with Crippen LogP contribution in [0.25, 0.3) is 0 Å². The van der Waals surface area contributed by atoms with Gasteiger partial charge in [0.05, 0.1) is 0 Å². The molecule has 3 heteroatoms. The molecule has 0 bridgehead atoms. The number of rotatable bonds is 5. The van der Waals surface area contributed by atoms with Crippen LogP contribution in [-0.4, -0.2) is 13.2 Å². The average Bonchev–Trinajstić information content (AvgIpc) is 2.93. The highest BCUT2D eigenvalue weighted by molar-refractivity contribution is 6.30. The van der Waals surface area contributed by atoms with Crippen molar-refractivity contribution in [2.24, 2.45) is 0 Å². The lowest BCUT2D eigenvalue weighted by molar-refractivity contribution is 0.332. The van der Waals surface area contributed by atoms with Crippen LogP contribution in [0.3, 0.4) is 0 Å². The van der Waals surface area contributed by atoms with Crippen LogP contribution >= 0.6 is 11.6 Å². The first-order valence-electron chi connectivity index (χ1n) is 7.05. The van der Waals surface area contributed by atoms with E-state index in [0.29, 0.717) is 6.61 Å². The maximum atomic E-state index is 5.85. The van der Waals surface area contributed by atoms with Crippen LogP contribution in [0.5, 0.6) is 5.75 Å². The van der Waals surface area contributed by atoms with Crippen LogP contribution in [-0.2, 0) is 12.8 Å². The average molecular weight is 288 g/mol. The van der Waals surface area contributed by atoms with Gasteiger partial charge in [0.25, 0.3) is 0 Å². The molecular formula is C17H18ClNO. The van der Waals surface area contributed by atoms with E-state index in [4.69, 9.17) is 16.3 Å². The molecule has 2 nitrogen and oxygen atoms in total. The van der Waals surface area contributed by atoms with Gasteiger partial charge in [0.15, 0.2) is 0 Å². The van der Waals surface area contributed by atoms with Gasteiger partial charge in [0.1, 0.15) is 12.4 Å². The number of hydrogen-bond acceptors (Lipinski definition) is 2. The molecule has 0 unspecified atom stereocenters. The zero-order valence-electron chi connectivity index (χ0n) is 11.4. The third-order valence-corrected chi connectivity index (χ3v) is 3.87. The van der Waals surface area contributed by atoms with E-state index in [0.717, 1.165) is 23.0 Å². The molecule has 2 aromatic carbocycles. The van der Waals surface area contributed by atoms with Gasteiger partial charge in [-0.3, -0.25) is 0 Å². The highest BCUT2D eigenvalue weighted by Crippen LogP contribution is 2.25. The molecule has 2 aromatic rings. The zero-order chi connectivity index (χ0) is 13.8. The van der Waals surface area contributed by atoms with E-state index in [1.807, 2.05) is 24.3 Å². The molecule has 1 N–H and O–H groups in total. The molecular weight excluding hydrogens is 270 g/mol. The second kappa shape index (κ2) is 6.19. The molecule has 0 amide bonds. The van der Waals surface area contributed by atoms with Gasteiger partial charge in [-0.15, -0.1) is 0 Å². The molecule has 0 aliphatic heterocycles. The van der Waals surface area contributed by atoms with E-state index in [2.05, 4.69) is 23.5 Å². The quantitative estimate of drug-likeness (QED) is 0.827. The monoisotopic (exact) mass is 287 g/mol. The van der Waals surface area contributed by atoms with Crippen molar-refractivity contribution in [1.29, 1.82) is 0 Å². The molecule has 0 saturated carbocycles. The number of halogens is 1. The molecule has 0 radical (unpaired) electrons. The minimum absolute atomic E-state index is 0.654. The largest absolute Gasteiger partial charge is 0.492 e. The number of ether oxygens (including phenoxy) is 1. The molecule has 0 atom stereocenters. The van der Waals surface area contributed by atoms with E-state index in [-0.39, 0.29) is 0 Å². The molecule has 3 rings (SSSR count). The van der Waals surface area contributed by atoms with Crippen molar-refractivity contribution in [1.82, 2.24) is 0 Å². The Balaban J connectivity index is 1.47. The number of anilines is 1. The predicted octanol–water partition coefficient (Wildman–Crippen LogP) is 4.32. The maximum Gasteiger partial charge on any atom is 0.119 e. The van der Waals surface area contributed by atoms with Gasteiger partial charge < -0.3 is 10.1 Å². The molecule has 0 heterocycles. The van der Waals surface area contributed by atoms with E-state index < -0.39 is 0 Å². The second-order valence-corrected chi connectivity index (χ2v) is 5.50. The van der Waals surface area contributed by atoms with Crippen molar-refractivity contribution >= 4 is 17.3 Å². The lowest BCUT2D eigenvalue weighted by Gasteiger charge is -2.10. The smallest absolute Gasteiger partial charge is 0.119 e. The second-order valence-electron chi connectivity index (χ2n) is 5.07. The number of fused-ring (bicyclic) bond motifs is 1. The fourth-order valence-corrected chi connectivity index (χ4v) is 2.70. The Bertz CT molecular complexity index is 580. The Morgan fingerprint density at radius 1 is 1.00 bits per heavy atom. The Hall–Kier alpha value is -1.67. The van der Waals surface area contributed by atoms with Crippen molar-refractivity contribution < 1.29 is 4.74 Å². The molecule has 0 fully saturated rings. The fraction of sp³-hybridized carbons (Fsp3) is 0.294. The molecule has 0 aromatic heterocycles. The van der Waals surface area contributed by atoms with Gasteiger partial charge in [-0.2, -0.15) is 0 Å². The van der Waals surface area contributed by atoms with E-state index >= 15 is 0 Å². The van der Waals surface area contributed by atoms with Crippen molar-refractivity contribution in [3.8, 4) is 5.75 Å². The summed E-state index contributed by atoms with van der Waals surface area (Å²) in [5.74, 6) is 0.976. The topological polar surface area (TPSA) is 21.3 Å². The Labute approximate surface area is 124 Å². The van der Waals surface area contributed by atoms with Crippen LogP contribution in [0.1, 0.15) is 17.5 Å². The molecule has 0 saturated heterocycles. The molecule has 1 aliphatic carbocycles. The van der Waals surface area contributed by atoms with E-state index in [1.165, 1.54) is 30.4 Å². The summed E-state index contributed by atoms with van der Waals surface area (Å²) in [4.78, 5) is 0. The van der Waals surface area contributed by atoms with Crippen LogP contribution in [0.4, 0.5) is 5.69 Å². The summed E-state index contributed by atoms with van der Waals surface area (Å²) in [6.45, 7) is 1.43. The third kappa shape index (κ3) is 3.26. The SMILES string of the molecule is Clc1ccc(NCCOc2ccc3c(c2)CCC3)cc1. The van der Waals surface area contributed by atoms with Crippen LogP contribution < -0.4 is 10.1 Å². The van der Waals surface area contributed by atoms with Crippen molar-refractivity contribution in [3.63, 3.8) is 0 Å². The minimum Gasteiger partial charge on any atom is -0.492 e. The van der Waals surface area contributed by atoms with E-state index in [9.17, 15) is 0 Å². The van der Waals surface area contributed by atoms with Crippen LogP contribution in [0.2, 0.25) is 5.02 Å². The fourth-order valence-electron chi connectivity index (χ4n) is 2.57. The van der Waals surface area contributed by atoms with Crippen molar-refractivity contribution in [3.05, 3.63) is 58.6 Å². The summed E-state index contributed by atoms with van der Waals surface area (Å²) in [6, 6.07) is 14.2. The number of hydrogen-bond donors (Lipinski definition) is 1. The van der Waals surface area contributed by atoms with Gasteiger partial charge in [-0.1, -0.05) is 17.7 Å². The summed E-state index contributed by atoms with van der Waals surface area (Å²) >= 11 is 5.85. The number of aryl methyl sites for hydroxylation is 2. The summed E-state index contributed by atoms with van der Waals surface area (Å²) in [5.41, 5.74) is 4.00. The Morgan fingerprint density at radius 3 is 2.65 bits per heavy atom. The van der Waals surface area contributed by atoms with Gasteiger partial charge in [0, 0.05) is 17.3 Å². The lowest BCUT2D eigenvalue weighted by atomic mass is 10.1. The normalized spacial score (nSPS) is 13.1. The molecule has 20 heavy (non-hydrogen) atoms. The highest BCUT2D eigenvalue weighted by atomic mass is 35.5. The minimum atomic E-state index is 0.654. The summed E-state index contributed by atoms with van der Waals surface area (Å²) < 4.78 is 5.79. The first-order chi connectivity index (χ1) is 9.81. The van der Waals surface area contributed by atoms with Crippen LogP contribution in [0, 0.1) is 0 Å². The van der Waals surface area contributed by atoms with Gasteiger partial charge in [0.2, 0.25) is 0 Å². The number of benzene rings is 2. The molecule has 104 valence electrons. The standard InChI is InChI=1S/C17H18ClNO/c18-15-5-7-16(8-6-15)19-10-11-20-17-9-4-13-2-1-3-14(13)12-17/h4-9,12,19H,1-3,10-11H2. The highest BCUT2D eigenvalue weighted by Gasteiger charge is 2.10. The first kappa shape index (κ1) is 13.3. The maximum absolute atomic E-state index is 5.85. The Morgan fingerprint density at radius 2 is 1.80 bits per heavy atom. The lowest BCUT2D eigenvalue weighted by Crippen LogP contribution is -2.11. The first-order valence-corrected chi connectivity index (χ1v) is 7.43. The Kier molecular flexibility index (Phi) is 4.12. The molecule has 0 spiro atoms. The molecule has 1 aliphatic rings. The van der Waals surface area contributed by atoms with Crippen molar-refractivity contribution in [2.75, 3.05) is 18.5 Å². The predicted molar refractivity (Wildman–Crippen MR) is 83.9 cm³/mol. The third-order valence-electron chi connectivity index (χ3n) is 3.61. The van der Waals surface area contributed by atoms with Crippen LogP contribution in [0.15, 0.2) is 42.5 Å². The van der Waals surface area contributed by atoms with Crippen molar-refractivity contribution in [2.45, 2.75) is 19.3 Å². The summed E-state index contributed by atoms with van der Waals surface area (Å²) in [6.07, 6.45) is 3.68. The van der Waals surface area contributed by atoms with Gasteiger partial charge in [-0.25, -0.2) is 0 Å².